The number of carbonyl (C=O) groups is 1. The fourth-order valence-corrected chi connectivity index (χ4v) is 4.87. The second-order valence-electron chi connectivity index (χ2n) is 8.13. The van der Waals surface area contributed by atoms with Crippen molar-refractivity contribution in [2.75, 3.05) is 11.4 Å². The van der Waals surface area contributed by atoms with E-state index in [1.807, 2.05) is 47.4 Å². The van der Waals surface area contributed by atoms with E-state index in [1.165, 1.54) is 10.9 Å². The molecule has 1 saturated heterocycles. The van der Waals surface area contributed by atoms with E-state index in [1.54, 1.807) is 0 Å². The van der Waals surface area contributed by atoms with Gasteiger partial charge in [-0.25, -0.2) is 4.79 Å². The van der Waals surface area contributed by atoms with Crippen molar-refractivity contribution in [1.82, 2.24) is 10.3 Å². The Balaban J connectivity index is 1.41. The van der Waals surface area contributed by atoms with E-state index in [0.29, 0.717) is 6.54 Å². The minimum Gasteiger partial charge on any atom is -0.361 e. The maximum absolute atomic E-state index is 13.1. The molecule has 0 unspecified atom stereocenters. The summed E-state index contributed by atoms with van der Waals surface area (Å²) in [6.07, 6.45) is 2.82. The highest BCUT2D eigenvalue weighted by Gasteiger charge is 2.42. The molecule has 2 aliphatic heterocycles. The minimum absolute atomic E-state index is 0.0152. The van der Waals surface area contributed by atoms with E-state index in [9.17, 15) is 4.79 Å². The third-order valence-corrected chi connectivity index (χ3v) is 6.34. The molecule has 6 rings (SSSR count). The molecule has 2 N–H and O–H groups in total. The maximum Gasteiger partial charge on any atom is 0.322 e. The van der Waals surface area contributed by atoms with Gasteiger partial charge in [-0.3, -0.25) is 9.89 Å². The van der Waals surface area contributed by atoms with Crippen LogP contribution in [0.3, 0.4) is 0 Å². The highest BCUT2D eigenvalue weighted by molar-refractivity contribution is 6.18. The number of hydrogen-bond acceptors (Lipinski definition) is 2. The Morgan fingerprint density at radius 1 is 0.935 bits per heavy atom. The van der Waals surface area contributed by atoms with Gasteiger partial charge in [0.2, 0.25) is 0 Å². The number of rotatable bonds is 3. The Labute approximate surface area is 180 Å². The van der Waals surface area contributed by atoms with Crippen molar-refractivity contribution in [1.29, 1.82) is 0 Å². The Kier molecular flexibility index (Phi) is 4.13. The number of nitrogens with one attached hydrogen (secondary N) is 2. The first-order chi connectivity index (χ1) is 15.3. The highest BCUT2D eigenvalue weighted by Crippen LogP contribution is 2.33. The maximum atomic E-state index is 13.1. The van der Waals surface area contributed by atoms with Gasteiger partial charge in [0.1, 0.15) is 0 Å². The largest absolute Gasteiger partial charge is 0.361 e. The van der Waals surface area contributed by atoms with Crippen LogP contribution in [0.2, 0.25) is 0 Å². The van der Waals surface area contributed by atoms with E-state index < -0.39 is 0 Å². The molecule has 3 heterocycles. The zero-order valence-electron chi connectivity index (χ0n) is 17.0. The molecule has 1 aromatic heterocycles. The first kappa shape index (κ1) is 18.0. The number of fused-ring (bicyclic) bond motifs is 4. The topological polar surface area (TPSA) is 60.5 Å². The summed E-state index contributed by atoms with van der Waals surface area (Å²) in [4.78, 5) is 23.4. The van der Waals surface area contributed by atoms with Gasteiger partial charge in [0.05, 0.1) is 30.0 Å². The van der Waals surface area contributed by atoms with Crippen molar-refractivity contribution in [2.45, 2.75) is 18.5 Å². The molecule has 0 spiro atoms. The number of aromatic amines is 1. The van der Waals surface area contributed by atoms with Gasteiger partial charge in [0.15, 0.2) is 0 Å². The molecular weight excluding hydrogens is 384 g/mol. The van der Waals surface area contributed by atoms with E-state index in [2.05, 4.69) is 52.9 Å². The summed E-state index contributed by atoms with van der Waals surface area (Å²) < 4.78 is 0. The number of aromatic nitrogens is 1. The fraction of sp³-hybridized carbons (Fsp3) is 0.154. The van der Waals surface area contributed by atoms with Crippen molar-refractivity contribution < 1.29 is 4.79 Å². The van der Waals surface area contributed by atoms with Gasteiger partial charge in [-0.2, -0.15) is 0 Å². The molecule has 2 atom stereocenters. The molecule has 2 aliphatic rings. The summed E-state index contributed by atoms with van der Waals surface area (Å²) in [5.41, 5.74) is 6.28. The van der Waals surface area contributed by atoms with E-state index in [4.69, 9.17) is 4.99 Å². The summed E-state index contributed by atoms with van der Waals surface area (Å²) in [6, 6.07) is 26.5. The minimum atomic E-state index is -0.0493. The third-order valence-electron chi connectivity index (χ3n) is 6.34. The van der Waals surface area contributed by atoms with Crippen LogP contribution >= 0.6 is 0 Å². The van der Waals surface area contributed by atoms with Crippen LogP contribution < -0.4 is 10.2 Å². The normalized spacial score (nSPS) is 20.1. The Bertz CT molecular complexity index is 1310. The summed E-state index contributed by atoms with van der Waals surface area (Å²) in [6.45, 7) is 0.560. The van der Waals surface area contributed by atoms with Crippen LogP contribution in [-0.2, 0) is 6.42 Å². The van der Waals surface area contributed by atoms with Crippen LogP contribution in [0, 0.1) is 0 Å². The standard InChI is InChI=1S/C26H22N4O/c31-26-29-22(14-18-15-27-21-12-6-4-10-19(18)21)24-16-28-25(17-8-2-1-3-9-17)20-11-5-7-13-23(20)30(24)26/h1-13,15,22,24,27H,14,16H2,(H,29,31)/t22-,24+/m0/s1. The van der Waals surface area contributed by atoms with Crippen molar-refractivity contribution in [3.63, 3.8) is 0 Å². The van der Waals surface area contributed by atoms with E-state index in [0.717, 1.165) is 34.5 Å². The van der Waals surface area contributed by atoms with Gasteiger partial charge >= 0.3 is 6.03 Å². The Morgan fingerprint density at radius 3 is 2.61 bits per heavy atom. The van der Waals surface area contributed by atoms with Gasteiger partial charge in [-0.1, -0.05) is 66.7 Å². The molecule has 5 nitrogen and oxygen atoms in total. The molecule has 5 heteroatoms. The van der Waals surface area contributed by atoms with Crippen LogP contribution in [0.15, 0.2) is 90.1 Å². The average Bonchev–Trinajstić information content (AvgIpc) is 3.29. The van der Waals surface area contributed by atoms with Gasteiger partial charge in [-0.05, 0) is 24.1 Å². The molecule has 0 saturated carbocycles. The van der Waals surface area contributed by atoms with Crippen LogP contribution in [0.5, 0.6) is 0 Å². The predicted molar refractivity (Wildman–Crippen MR) is 124 cm³/mol. The third kappa shape index (κ3) is 2.93. The first-order valence-electron chi connectivity index (χ1n) is 10.6. The van der Waals surface area contributed by atoms with Crippen LogP contribution in [0.25, 0.3) is 10.9 Å². The Hall–Kier alpha value is -3.86. The molecule has 4 aromatic rings. The number of anilines is 1. The van der Waals surface area contributed by atoms with Crippen LogP contribution in [-0.4, -0.2) is 35.4 Å². The first-order valence-corrected chi connectivity index (χ1v) is 10.6. The van der Waals surface area contributed by atoms with Crippen LogP contribution in [0.1, 0.15) is 16.7 Å². The van der Waals surface area contributed by atoms with Gasteiger partial charge < -0.3 is 10.3 Å². The van der Waals surface area contributed by atoms with Crippen LogP contribution in [0.4, 0.5) is 10.5 Å². The number of para-hydroxylation sites is 2. The highest BCUT2D eigenvalue weighted by atomic mass is 16.2. The lowest BCUT2D eigenvalue weighted by atomic mass is 9.99. The number of H-pyrrole nitrogens is 1. The number of hydrogen-bond donors (Lipinski definition) is 2. The summed E-state index contributed by atoms with van der Waals surface area (Å²) in [5, 5.41) is 4.43. The lowest BCUT2D eigenvalue weighted by Crippen LogP contribution is -2.40. The van der Waals surface area contributed by atoms with Crippen molar-refractivity contribution in [3.8, 4) is 0 Å². The van der Waals surface area contributed by atoms with E-state index >= 15 is 0 Å². The summed E-state index contributed by atoms with van der Waals surface area (Å²) >= 11 is 0. The average molecular weight is 406 g/mol. The fourth-order valence-electron chi connectivity index (χ4n) is 4.87. The monoisotopic (exact) mass is 406 g/mol. The van der Waals surface area contributed by atoms with Crippen molar-refractivity contribution >= 4 is 28.3 Å². The van der Waals surface area contributed by atoms with Crippen molar-refractivity contribution in [2.24, 2.45) is 4.99 Å². The lowest BCUT2D eigenvalue weighted by Gasteiger charge is -2.24. The molecule has 1 fully saturated rings. The second-order valence-corrected chi connectivity index (χ2v) is 8.13. The molecule has 3 aromatic carbocycles. The number of urea groups is 1. The summed E-state index contributed by atoms with van der Waals surface area (Å²) in [7, 11) is 0. The molecular formula is C26H22N4O. The lowest BCUT2D eigenvalue weighted by molar-refractivity contribution is 0.250. The van der Waals surface area contributed by atoms with E-state index in [-0.39, 0.29) is 18.1 Å². The molecule has 0 bridgehead atoms. The second kappa shape index (κ2) is 7.13. The number of amides is 2. The van der Waals surface area contributed by atoms with Crippen molar-refractivity contribution in [3.05, 3.63) is 102 Å². The number of benzene rings is 3. The number of aliphatic imine (C=N–C) groups is 1. The zero-order valence-corrected chi connectivity index (χ0v) is 17.0. The molecule has 0 aliphatic carbocycles. The molecule has 0 radical (unpaired) electrons. The summed E-state index contributed by atoms with van der Waals surface area (Å²) in [5.74, 6) is 0. The predicted octanol–water partition coefficient (Wildman–Crippen LogP) is 4.53. The molecule has 2 amide bonds. The number of carbonyl (C=O) groups excluding carboxylic acids is 1. The number of nitrogens with zero attached hydrogens (tertiary/aromatic N) is 2. The van der Waals surface area contributed by atoms with Gasteiger partial charge in [0.25, 0.3) is 0 Å². The molecule has 152 valence electrons. The Morgan fingerprint density at radius 2 is 1.71 bits per heavy atom. The quantitative estimate of drug-likeness (QED) is 0.516. The smallest absolute Gasteiger partial charge is 0.322 e. The van der Waals surface area contributed by atoms with Gasteiger partial charge in [0, 0.05) is 28.2 Å². The molecule has 31 heavy (non-hydrogen) atoms. The van der Waals surface area contributed by atoms with Gasteiger partial charge in [-0.15, -0.1) is 0 Å². The SMILES string of the molecule is O=C1N[C@@H](Cc2c[nH]c3ccccc23)[C@H]2CN=C(c3ccccc3)c3ccccc3N12. The zero-order chi connectivity index (χ0) is 20.8.